The van der Waals surface area contributed by atoms with E-state index in [9.17, 15) is 14.9 Å². The molecule has 0 aliphatic carbocycles. The third kappa shape index (κ3) is 2.76. The molecule has 0 radical (unpaired) electrons. The number of carbonyl (C=O) groups excluding carboxylic acids is 1. The number of hydrogen-bond donors (Lipinski definition) is 1. The van der Waals surface area contributed by atoms with E-state index in [-0.39, 0.29) is 11.6 Å². The van der Waals surface area contributed by atoms with Gasteiger partial charge in [0, 0.05) is 36.8 Å². The maximum absolute atomic E-state index is 12.6. The number of nitro benzene ring substituents is 1. The van der Waals surface area contributed by atoms with Crippen molar-refractivity contribution in [1.82, 2.24) is 14.3 Å². The van der Waals surface area contributed by atoms with Gasteiger partial charge in [-0.15, -0.1) is 0 Å². The number of nitrogens with one attached hydrogen (secondary N) is 1. The first-order valence-electron chi connectivity index (χ1n) is 7.19. The van der Waals surface area contributed by atoms with Crippen LogP contribution in [0.15, 0.2) is 48.9 Å². The SMILES string of the molecule is Cc1ccc(NC(=O)c2cnn(C)c2-n2cccc2)cc1[N+](=O)[O-]. The van der Waals surface area contributed by atoms with Crippen molar-refractivity contribution in [3.05, 3.63) is 70.2 Å². The summed E-state index contributed by atoms with van der Waals surface area (Å²) in [4.78, 5) is 23.1. The van der Waals surface area contributed by atoms with E-state index >= 15 is 0 Å². The molecule has 0 fully saturated rings. The molecule has 2 aromatic heterocycles. The average molecular weight is 325 g/mol. The first-order chi connectivity index (χ1) is 11.5. The minimum atomic E-state index is -0.472. The van der Waals surface area contributed by atoms with Crippen LogP contribution in [0.4, 0.5) is 11.4 Å². The van der Waals surface area contributed by atoms with Gasteiger partial charge in [0.1, 0.15) is 11.4 Å². The van der Waals surface area contributed by atoms with Crippen LogP contribution in [0.2, 0.25) is 0 Å². The molecule has 8 heteroatoms. The summed E-state index contributed by atoms with van der Waals surface area (Å²) in [7, 11) is 1.74. The zero-order chi connectivity index (χ0) is 17.3. The molecule has 0 unspecified atom stereocenters. The lowest BCUT2D eigenvalue weighted by molar-refractivity contribution is -0.385. The third-order valence-electron chi connectivity index (χ3n) is 3.66. The summed E-state index contributed by atoms with van der Waals surface area (Å²) < 4.78 is 3.37. The number of rotatable bonds is 4. The zero-order valence-electron chi connectivity index (χ0n) is 13.1. The smallest absolute Gasteiger partial charge is 0.274 e. The number of carbonyl (C=O) groups is 1. The Morgan fingerprint density at radius 3 is 2.67 bits per heavy atom. The Morgan fingerprint density at radius 1 is 1.29 bits per heavy atom. The summed E-state index contributed by atoms with van der Waals surface area (Å²) in [6, 6.07) is 8.27. The second-order valence-electron chi connectivity index (χ2n) is 5.31. The van der Waals surface area contributed by atoms with E-state index in [1.54, 1.807) is 35.4 Å². The normalized spacial score (nSPS) is 10.6. The fourth-order valence-corrected chi connectivity index (χ4v) is 2.46. The highest BCUT2D eigenvalue weighted by atomic mass is 16.6. The molecule has 8 nitrogen and oxygen atoms in total. The van der Waals surface area contributed by atoms with Crippen molar-refractivity contribution < 1.29 is 9.72 Å². The van der Waals surface area contributed by atoms with Crippen LogP contribution in [-0.4, -0.2) is 25.2 Å². The molecule has 0 atom stereocenters. The van der Waals surface area contributed by atoms with Gasteiger partial charge in [0.25, 0.3) is 11.6 Å². The van der Waals surface area contributed by atoms with E-state index in [0.29, 0.717) is 22.6 Å². The van der Waals surface area contributed by atoms with Crippen LogP contribution < -0.4 is 5.32 Å². The maximum Gasteiger partial charge on any atom is 0.274 e. The lowest BCUT2D eigenvalue weighted by atomic mass is 10.2. The Morgan fingerprint density at radius 2 is 2.00 bits per heavy atom. The van der Waals surface area contributed by atoms with Crippen LogP contribution in [0.1, 0.15) is 15.9 Å². The van der Waals surface area contributed by atoms with Crippen molar-refractivity contribution in [2.45, 2.75) is 6.92 Å². The fourth-order valence-electron chi connectivity index (χ4n) is 2.46. The van der Waals surface area contributed by atoms with Crippen LogP contribution in [0.25, 0.3) is 5.82 Å². The quantitative estimate of drug-likeness (QED) is 0.589. The minimum Gasteiger partial charge on any atom is -0.322 e. The van der Waals surface area contributed by atoms with E-state index in [2.05, 4.69) is 10.4 Å². The number of nitrogens with zero attached hydrogens (tertiary/aromatic N) is 4. The molecule has 1 amide bonds. The monoisotopic (exact) mass is 325 g/mol. The zero-order valence-corrected chi connectivity index (χ0v) is 13.1. The number of benzene rings is 1. The van der Waals surface area contributed by atoms with E-state index in [4.69, 9.17) is 0 Å². The van der Waals surface area contributed by atoms with Gasteiger partial charge in [-0.25, -0.2) is 0 Å². The summed E-state index contributed by atoms with van der Waals surface area (Å²) >= 11 is 0. The first kappa shape index (κ1) is 15.5. The highest BCUT2D eigenvalue weighted by Gasteiger charge is 2.19. The molecule has 3 rings (SSSR count). The molecular formula is C16H15N5O3. The number of aryl methyl sites for hydroxylation is 2. The molecule has 0 aliphatic heterocycles. The van der Waals surface area contributed by atoms with Gasteiger partial charge in [-0.3, -0.25) is 19.6 Å². The third-order valence-corrected chi connectivity index (χ3v) is 3.66. The van der Waals surface area contributed by atoms with Crippen molar-refractivity contribution in [3.8, 4) is 5.82 Å². The van der Waals surface area contributed by atoms with Gasteiger partial charge >= 0.3 is 0 Å². The predicted molar refractivity (Wildman–Crippen MR) is 88.3 cm³/mol. The lowest BCUT2D eigenvalue weighted by Gasteiger charge is -2.09. The van der Waals surface area contributed by atoms with Crippen LogP contribution in [0, 0.1) is 17.0 Å². The van der Waals surface area contributed by atoms with Gasteiger partial charge in [0.15, 0.2) is 0 Å². The van der Waals surface area contributed by atoms with Crippen molar-refractivity contribution in [3.63, 3.8) is 0 Å². The molecule has 1 aromatic carbocycles. The molecule has 0 spiro atoms. The van der Waals surface area contributed by atoms with Crippen molar-refractivity contribution in [1.29, 1.82) is 0 Å². The summed E-state index contributed by atoms with van der Waals surface area (Å²) in [6.07, 6.45) is 5.09. The predicted octanol–water partition coefficient (Wildman–Crippen LogP) is 2.68. The summed E-state index contributed by atoms with van der Waals surface area (Å²) in [6.45, 7) is 1.65. The number of hydrogen-bond acceptors (Lipinski definition) is 4. The Labute approximate surface area is 137 Å². The lowest BCUT2D eigenvalue weighted by Crippen LogP contribution is -2.15. The highest BCUT2D eigenvalue weighted by Crippen LogP contribution is 2.23. The van der Waals surface area contributed by atoms with Gasteiger partial charge in [-0.1, -0.05) is 6.07 Å². The largest absolute Gasteiger partial charge is 0.322 e. The van der Waals surface area contributed by atoms with Gasteiger partial charge < -0.3 is 9.88 Å². The number of nitro groups is 1. The summed E-state index contributed by atoms with van der Waals surface area (Å²) in [5.41, 5.74) is 1.23. The van der Waals surface area contributed by atoms with E-state index in [1.165, 1.54) is 12.3 Å². The van der Waals surface area contributed by atoms with Crippen molar-refractivity contribution in [2.24, 2.45) is 7.05 Å². The van der Waals surface area contributed by atoms with Crippen LogP contribution in [-0.2, 0) is 7.05 Å². The fraction of sp³-hybridized carbons (Fsp3) is 0.125. The Kier molecular flexibility index (Phi) is 3.87. The Hall–Kier alpha value is -3.42. The van der Waals surface area contributed by atoms with Crippen LogP contribution in [0.3, 0.4) is 0 Å². The molecule has 0 aliphatic rings. The van der Waals surface area contributed by atoms with Gasteiger partial charge in [-0.05, 0) is 25.1 Å². The molecule has 1 N–H and O–H groups in total. The van der Waals surface area contributed by atoms with Crippen molar-refractivity contribution >= 4 is 17.3 Å². The summed E-state index contributed by atoms with van der Waals surface area (Å²) in [5, 5.41) is 17.8. The number of aromatic nitrogens is 3. The van der Waals surface area contributed by atoms with Crippen molar-refractivity contribution in [2.75, 3.05) is 5.32 Å². The van der Waals surface area contributed by atoms with E-state index in [1.807, 2.05) is 24.5 Å². The second kappa shape index (κ2) is 5.99. The second-order valence-corrected chi connectivity index (χ2v) is 5.31. The highest BCUT2D eigenvalue weighted by molar-refractivity contribution is 6.06. The Bertz CT molecular complexity index is 912. The van der Waals surface area contributed by atoms with Gasteiger partial charge in [-0.2, -0.15) is 5.10 Å². The standard InChI is InChI=1S/C16H15N5O3/c1-11-5-6-12(9-14(11)21(23)24)18-15(22)13-10-17-19(2)16(13)20-7-3-4-8-20/h3-10H,1-2H3,(H,18,22). The summed E-state index contributed by atoms with van der Waals surface area (Å²) in [5.74, 6) is 0.226. The number of anilines is 1. The van der Waals surface area contributed by atoms with Gasteiger partial charge in [0.05, 0.1) is 11.1 Å². The molecule has 2 heterocycles. The van der Waals surface area contributed by atoms with E-state index < -0.39 is 4.92 Å². The topological polar surface area (TPSA) is 95.0 Å². The van der Waals surface area contributed by atoms with E-state index in [0.717, 1.165) is 0 Å². The molecule has 0 saturated carbocycles. The minimum absolute atomic E-state index is 0.0374. The molecular weight excluding hydrogens is 310 g/mol. The number of amides is 1. The average Bonchev–Trinajstić information content (AvgIpc) is 3.17. The first-order valence-corrected chi connectivity index (χ1v) is 7.19. The van der Waals surface area contributed by atoms with Crippen LogP contribution >= 0.6 is 0 Å². The Balaban J connectivity index is 1.92. The molecule has 3 aromatic rings. The molecule has 122 valence electrons. The molecule has 0 saturated heterocycles. The molecule has 24 heavy (non-hydrogen) atoms. The molecule has 0 bridgehead atoms. The van der Waals surface area contributed by atoms with Gasteiger partial charge in [0.2, 0.25) is 0 Å². The maximum atomic E-state index is 12.6. The van der Waals surface area contributed by atoms with Crippen LogP contribution in [0.5, 0.6) is 0 Å².